The van der Waals surface area contributed by atoms with Crippen molar-refractivity contribution in [2.24, 2.45) is 7.05 Å². The predicted molar refractivity (Wildman–Crippen MR) is 79.1 cm³/mol. The summed E-state index contributed by atoms with van der Waals surface area (Å²) in [6, 6.07) is 12.8. The molecular weight excluding hydrogens is 234 g/mol. The third-order valence-electron chi connectivity index (χ3n) is 3.53. The SMILES string of the molecule is Cc1cc(CNCC(C)(C)c2ccccc2)n(C)n1. The van der Waals surface area contributed by atoms with Gasteiger partial charge in [0.2, 0.25) is 0 Å². The Hall–Kier alpha value is -1.61. The van der Waals surface area contributed by atoms with E-state index in [9.17, 15) is 0 Å². The minimum atomic E-state index is 0.134. The Bertz CT molecular complexity index is 526. The van der Waals surface area contributed by atoms with Crippen LogP contribution in [0.15, 0.2) is 36.4 Å². The summed E-state index contributed by atoms with van der Waals surface area (Å²) in [5, 5.41) is 7.89. The largest absolute Gasteiger partial charge is 0.310 e. The molecule has 0 aliphatic rings. The Morgan fingerprint density at radius 1 is 1.21 bits per heavy atom. The molecule has 0 spiro atoms. The van der Waals surface area contributed by atoms with Gasteiger partial charge < -0.3 is 5.32 Å². The average molecular weight is 257 g/mol. The first-order valence-electron chi connectivity index (χ1n) is 6.75. The summed E-state index contributed by atoms with van der Waals surface area (Å²) in [6.45, 7) is 8.36. The molecule has 0 atom stereocenters. The number of nitrogens with one attached hydrogen (secondary N) is 1. The number of hydrogen-bond acceptors (Lipinski definition) is 2. The van der Waals surface area contributed by atoms with E-state index in [-0.39, 0.29) is 5.41 Å². The summed E-state index contributed by atoms with van der Waals surface area (Å²) in [5.74, 6) is 0. The topological polar surface area (TPSA) is 29.9 Å². The zero-order chi connectivity index (χ0) is 13.9. The van der Waals surface area contributed by atoms with Crippen LogP contribution in [0.2, 0.25) is 0 Å². The summed E-state index contributed by atoms with van der Waals surface area (Å²) >= 11 is 0. The van der Waals surface area contributed by atoms with Gasteiger partial charge in [0, 0.05) is 25.6 Å². The van der Waals surface area contributed by atoms with Crippen LogP contribution in [-0.2, 0) is 19.0 Å². The number of nitrogens with zero attached hydrogens (tertiary/aromatic N) is 2. The summed E-state index contributed by atoms with van der Waals surface area (Å²) in [5.41, 5.74) is 3.79. The fraction of sp³-hybridized carbons (Fsp3) is 0.438. The lowest BCUT2D eigenvalue weighted by molar-refractivity contribution is 0.462. The summed E-state index contributed by atoms with van der Waals surface area (Å²) in [6.07, 6.45) is 0. The molecule has 0 radical (unpaired) electrons. The van der Waals surface area contributed by atoms with E-state index < -0.39 is 0 Å². The van der Waals surface area contributed by atoms with Crippen molar-refractivity contribution in [1.82, 2.24) is 15.1 Å². The van der Waals surface area contributed by atoms with E-state index in [1.807, 2.05) is 18.7 Å². The van der Waals surface area contributed by atoms with Crippen molar-refractivity contribution in [3.8, 4) is 0 Å². The molecule has 1 aromatic carbocycles. The standard InChI is InChI=1S/C16H23N3/c1-13-10-15(19(4)18-13)11-17-12-16(2,3)14-8-6-5-7-9-14/h5-10,17H,11-12H2,1-4H3. The fourth-order valence-corrected chi connectivity index (χ4v) is 2.32. The molecule has 2 aromatic rings. The van der Waals surface area contributed by atoms with E-state index in [2.05, 4.69) is 60.7 Å². The molecule has 0 saturated heterocycles. The summed E-state index contributed by atoms with van der Waals surface area (Å²) in [7, 11) is 1.99. The highest BCUT2D eigenvalue weighted by atomic mass is 15.3. The molecule has 0 aliphatic carbocycles. The Kier molecular flexibility index (Phi) is 4.05. The fourth-order valence-electron chi connectivity index (χ4n) is 2.32. The molecule has 3 heteroatoms. The lowest BCUT2D eigenvalue weighted by Gasteiger charge is -2.25. The van der Waals surface area contributed by atoms with Gasteiger partial charge in [-0.05, 0) is 18.6 Å². The van der Waals surface area contributed by atoms with Gasteiger partial charge in [0.05, 0.1) is 11.4 Å². The molecule has 0 saturated carbocycles. The maximum Gasteiger partial charge on any atom is 0.0597 e. The molecule has 3 nitrogen and oxygen atoms in total. The van der Waals surface area contributed by atoms with Crippen LogP contribution in [0.3, 0.4) is 0 Å². The number of benzene rings is 1. The van der Waals surface area contributed by atoms with E-state index in [0.29, 0.717) is 0 Å². The smallest absolute Gasteiger partial charge is 0.0597 e. The molecule has 102 valence electrons. The first kappa shape index (κ1) is 13.8. The molecule has 0 aliphatic heterocycles. The number of hydrogen-bond donors (Lipinski definition) is 1. The quantitative estimate of drug-likeness (QED) is 0.892. The number of aryl methyl sites for hydroxylation is 2. The first-order chi connectivity index (χ1) is 8.99. The van der Waals surface area contributed by atoms with Gasteiger partial charge in [-0.1, -0.05) is 44.2 Å². The number of aromatic nitrogens is 2. The molecule has 1 N–H and O–H groups in total. The highest BCUT2D eigenvalue weighted by molar-refractivity contribution is 5.23. The van der Waals surface area contributed by atoms with Gasteiger partial charge in [-0.25, -0.2) is 0 Å². The van der Waals surface area contributed by atoms with Gasteiger partial charge in [-0.15, -0.1) is 0 Å². The van der Waals surface area contributed by atoms with Crippen molar-refractivity contribution in [1.29, 1.82) is 0 Å². The van der Waals surface area contributed by atoms with Crippen molar-refractivity contribution < 1.29 is 0 Å². The minimum absolute atomic E-state index is 0.134. The van der Waals surface area contributed by atoms with Crippen molar-refractivity contribution in [3.05, 3.63) is 53.3 Å². The van der Waals surface area contributed by atoms with Crippen molar-refractivity contribution >= 4 is 0 Å². The highest BCUT2D eigenvalue weighted by Gasteiger charge is 2.19. The second kappa shape index (κ2) is 5.57. The van der Waals surface area contributed by atoms with Crippen LogP contribution >= 0.6 is 0 Å². The van der Waals surface area contributed by atoms with E-state index in [4.69, 9.17) is 0 Å². The van der Waals surface area contributed by atoms with Crippen LogP contribution in [0.25, 0.3) is 0 Å². The van der Waals surface area contributed by atoms with Crippen molar-refractivity contribution in [2.45, 2.75) is 32.7 Å². The van der Waals surface area contributed by atoms with Crippen LogP contribution < -0.4 is 5.32 Å². The molecule has 0 bridgehead atoms. The first-order valence-corrected chi connectivity index (χ1v) is 6.75. The third-order valence-corrected chi connectivity index (χ3v) is 3.53. The monoisotopic (exact) mass is 257 g/mol. The molecular formula is C16H23N3. The van der Waals surface area contributed by atoms with Crippen LogP contribution in [0.4, 0.5) is 0 Å². The Labute approximate surface area is 115 Å². The molecule has 1 heterocycles. The predicted octanol–water partition coefficient (Wildman–Crippen LogP) is 2.80. The molecule has 1 aromatic heterocycles. The van der Waals surface area contributed by atoms with Gasteiger partial charge in [-0.2, -0.15) is 5.10 Å². The van der Waals surface area contributed by atoms with Gasteiger partial charge in [0.25, 0.3) is 0 Å². The number of rotatable bonds is 5. The second-order valence-corrected chi connectivity index (χ2v) is 5.75. The van der Waals surface area contributed by atoms with Crippen molar-refractivity contribution in [3.63, 3.8) is 0 Å². The molecule has 0 amide bonds. The summed E-state index contributed by atoms with van der Waals surface area (Å²) < 4.78 is 1.94. The lowest BCUT2D eigenvalue weighted by Crippen LogP contribution is -2.33. The van der Waals surface area contributed by atoms with Crippen LogP contribution in [0, 0.1) is 6.92 Å². The zero-order valence-corrected chi connectivity index (χ0v) is 12.3. The minimum Gasteiger partial charge on any atom is -0.310 e. The van der Waals surface area contributed by atoms with Gasteiger partial charge in [-0.3, -0.25) is 4.68 Å². The lowest BCUT2D eigenvalue weighted by atomic mass is 9.84. The third kappa shape index (κ3) is 3.44. The van der Waals surface area contributed by atoms with Gasteiger partial charge >= 0.3 is 0 Å². The van der Waals surface area contributed by atoms with E-state index >= 15 is 0 Å². The van der Waals surface area contributed by atoms with Crippen molar-refractivity contribution in [2.75, 3.05) is 6.54 Å². The van der Waals surface area contributed by atoms with E-state index in [0.717, 1.165) is 18.8 Å². The normalized spacial score (nSPS) is 11.8. The van der Waals surface area contributed by atoms with E-state index in [1.54, 1.807) is 0 Å². The van der Waals surface area contributed by atoms with Gasteiger partial charge in [0.15, 0.2) is 0 Å². The molecule has 0 fully saturated rings. The van der Waals surface area contributed by atoms with E-state index in [1.165, 1.54) is 11.3 Å². The van der Waals surface area contributed by atoms with Crippen LogP contribution in [0.5, 0.6) is 0 Å². The second-order valence-electron chi connectivity index (χ2n) is 5.75. The molecule has 19 heavy (non-hydrogen) atoms. The van der Waals surface area contributed by atoms with Crippen LogP contribution in [0.1, 0.15) is 30.8 Å². The van der Waals surface area contributed by atoms with Gasteiger partial charge in [0.1, 0.15) is 0 Å². The highest BCUT2D eigenvalue weighted by Crippen LogP contribution is 2.21. The Morgan fingerprint density at radius 2 is 1.89 bits per heavy atom. The molecule has 2 rings (SSSR count). The zero-order valence-electron chi connectivity index (χ0n) is 12.3. The van der Waals surface area contributed by atoms with Crippen LogP contribution in [-0.4, -0.2) is 16.3 Å². The molecule has 0 unspecified atom stereocenters. The summed E-state index contributed by atoms with van der Waals surface area (Å²) in [4.78, 5) is 0. The Morgan fingerprint density at radius 3 is 2.47 bits per heavy atom. The Balaban J connectivity index is 1.94. The maximum absolute atomic E-state index is 4.36. The average Bonchev–Trinajstić information content (AvgIpc) is 2.69. The maximum atomic E-state index is 4.36.